The predicted molar refractivity (Wildman–Crippen MR) is 187 cm³/mol. The number of amides is 4. The summed E-state index contributed by atoms with van der Waals surface area (Å²) in [5.41, 5.74) is -1.40. The standard InChI is InChI=1S/C32H60N6O6S2/c1-29(2,3)37-17-13-35(14-18-37)25(39)23(33-27(41)43-31(7,8)9)21-45-46-22-24(34-28(42)44-32(10,11)12)26(40)36-15-19-38(20-16-36)30(4,5)6/h23-24H,13-22H2,1-12H3,(H,33,41)(H,34,42)/t23-,24-/m0/s1. The number of hydrogen-bond acceptors (Lipinski definition) is 10. The van der Waals surface area contributed by atoms with Gasteiger partial charge in [-0.3, -0.25) is 19.4 Å². The molecule has 2 aliphatic heterocycles. The van der Waals surface area contributed by atoms with Gasteiger partial charge in [0.15, 0.2) is 0 Å². The molecule has 2 heterocycles. The molecule has 0 aromatic rings. The number of carbonyl (C=O) groups is 4. The van der Waals surface area contributed by atoms with E-state index in [-0.39, 0.29) is 34.4 Å². The topological polar surface area (TPSA) is 124 Å². The van der Waals surface area contributed by atoms with Gasteiger partial charge in [-0.1, -0.05) is 21.6 Å². The van der Waals surface area contributed by atoms with Gasteiger partial charge in [-0.05, 0) is 83.1 Å². The molecule has 0 bridgehead atoms. The summed E-state index contributed by atoms with van der Waals surface area (Å²) in [6, 6.07) is -1.63. The molecule has 0 saturated carbocycles. The molecule has 12 nitrogen and oxygen atoms in total. The number of hydrogen-bond donors (Lipinski definition) is 2. The Kier molecular flexibility index (Phi) is 14.4. The van der Waals surface area contributed by atoms with Gasteiger partial charge < -0.3 is 29.9 Å². The van der Waals surface area contributed by atoms with Gasteiger partial charge in [0, 0.05) is 74.9 Å². The van der Waals surface area contributed by atoms with Crippen LogP contribution < -0.4 is 10.6 Å². The van der Waals surface area contributed by atoms with Crippen LogP contribution >= 0.6 is 21.6 Å². The number of rotatable bonds is 9. The largest absolute Gasteiger partial charge is 0.444 e. The molecule has 4 amide bonds. The fourth-order valence-electron chi connectivity index (χ4n) is 5.12. The Morgan fingerprint density at radius 1 is 0.543 bits per heavy atom. The van der Waals surface area contributed by atoms with Crippen LogP contribution in [0.15, 0.2) is 0 Å². The summed E-state index contributed by atoms with van der Waals surface area (Å²) in [6.07, 6.45) is -1.31. The van der Waals surface area contributed by atoms with E-state index in [1.54, 1.807) is 51.3 Å². The van der Waals surface area contributed by atoms with E-state index >= 15 is 0 Å². The third-order valence-electron chi connectivity index (χ3n) is 7.61. The van der Waals surface area contributed by atoms with Crippen LogP contribution in [0.3, 0.4) is 0 Å². The molecular weight excluding hydrogens is 629 g/mol. The fraction of sp³-hybridized carbons (Fsp3) is 0.875. The molecule has 2 N–H and O–H groups in total. The SMILES string of the molecule is CC(C)(C)OC(=O)N[C@@H](CSSC[C@H](NC(=O)OC(C)(C)C)C(=O)N1CCN(C(C)(C)C)CC1)C(=O)N1CCN(C(C)(C)C)CC1. The van der Waals surface area contributed by atoms with Gasteiger partial charge >= 0.3 is 12.2 Å². The zero-order chi connectivity index (χ0) is 35.1. The van der Waals surface area contributed by atoms with Crippen molar-refractivity contribution in [1.29, 1.82) is 0 Å². The normalized spacial score (nSPS) is 18.9. The molecule has 2 aliphatic rings. The minimum atomic E-state index is -0.813. The highest BCUT2D eigenvalue weighted by Gasteiger charge is 2.35. The third kappa shape index (κ3) is 14.1. The average Bonchev–Trinajstić information content (AvgIpc) is 2.90. The van der Waals surface area contributed by atoms with Crippen molar-refractivity contribution < 1.29 is 28.7 Å². The maximum atomic E-state index is 13.7. The van der Waals surface area contributed by atoms with E-state index < -0.39 is 35.5 Å². The second-order valence-corrected chi connectivity index (χ2v) is 18.5. The minimum Gasteiger partial charge on any atom is -0.444 e. The van der Waals surface area contributed by atoms with Crippen LogP contribution in [0.2, 0.25) is 0 Å². The first-order chi connectivity index (χ1) is 21.0. The molecule has 2 rings (SSSR count). The number of alkyl carbamates (subject to hydrolysis) is 2. The number of nitrogens with zero attached hydrogens (tertiary/aromatic N) is 4. The predicted octanol–water partition coefficient (Wildman–Crippen LogP) is 4.04. The summed E-state index contributed by atoms with van der Waals surface area (Å²) in [4.78, 5) is 61.0. The molecule has 0 spiro atoms. The lowest BCUT2D eigenvalue weighted by Crippen LogP contribution is -2.59. The maximum Gasteiger partial charge on any atom is 0.408 e. The summed E-state index contributed by atoms with van der Waals surface area (Å²) in [7, 11) is 2.74. The van der Waals surface area contributed by atoms with Crippen molar-refractivity contribution >= 4 is 45.6 Å². The Morgan fingerprint density at radius 2 is 0.826 bits per heavy atom. The second kappa shape index (κ2) is 16.5. The first-order valence-corrected chi connectivity index (χ1v) is 18.8. The Labute approximate surface area is 285 Å². The lowest BCUT2D eigenvalue weighted by molar-refractivity contribution is -0.136. The van der Waals surface area contributed by atoms with Crippen LogP contribution in [0.25, 0.3) is 0 Å². The van der Waals surface area contributed by atoms with Crippen LogP contribution in [0, 0.1) is 0 Å². The highest BCUT2D eigenvalue weighted by Crippen LogP contribution is 2.26. The van der Waals surface area contributed by atoms with Gasteiger partial charge in [-0.2, -0.15) is 0 Å². The third-order valence-corrected chi connectivity index (χ3v) is 10.0. The zero-order valence-corrected chi connectivity index (χ0v) is 31.9. The highest BCUT2D eigenvalue weighted by atomic mass is 33.1. The molecule has 0 aromatic heterocycles. The highest BCUT2D eigenvalue weighted by molar-refractivity contribution is 8.76. The van der Waals surface area contributed by atoms with Crippen molar-refractivity contribution in [3.63, 3.8) is 0 Å². The first kappa shape index (κ1) is 40.3. The molecule has 2 fully saturated rings. The van der Waals surface area contributed by atoms with Crippen molar-refractivity contribution in [1.82, 2.24) is 30.2 Å². The zero-order valence-electron chi connectivity index (χ0n) is 30.3. The fourth-order valence-corrected chi connectivity index (χ4v) is 7.43. The van der Waals surface area contributed by atoms with E-state index in [1.165, 1.54) is 21.6 Å². The Balaban J connectivity index is 2.09. The number of piperazine rings is 2. The summed E-state index contributed by atoms with van der Waals surface area (Å²) in [5.74, 6) is 0.201. The van der Waals surface area contributed by atoms with Crippen LogP contribution in [0.5, 0.6) is 0 Å². The molecule has 266 valence electrons. The van der Waals surface area contributed by atoms with Crippen LogP contribution in [-0.4, -0.2) is 142 Å². The van der Waals surface area contributed by atoms with Crippen LogP contribution in [-0.2, 0) is 19.1 Å². The van der Waals surface area contributed by atoms with Crippen molar-refractivity contribution in [3.8, 4) is 0 Å². The quantitative estimate of drug-likeness (QED) is 0.271. The van der Waals surface area contributed by atoms with Gasteiger partial charge in [0.25, 0.3) is 0 Å². The molecule has 0 aromatic carbocycles. The van der Waals surface area contributed by atoms with Gasteiger partial charge in [0.1, 0.15) is 23.3 Å². The van der Waals surface area contributed by atoms with Gasteiger partial charge in [-0.15, -0.1) is 0 Å². The van der Waals surface area contributed by atoms with Crippen molar-refractivity contribution in [2.75, 3.05) is 63.9 Å². The van der Waals surface area contributed by atoms with Gasteiger partial charge in [0.2, 0.25) is 11.8 Å². The molecule has 0 radical (unpaired) electrons. The van der Waals surface area contributed by atoms with E-state index in [4.69, 9.17) is 9.47 Å². The first-order valence-electron chi connectivity index (χ1n) is 16.3. The molecule has 0 aliphatic carbocycles. The van der Waals surface area contributed by atoms with Gasteiger partial charge in [0.05, 0.1) is 0 Å². The smallest absolute Gasteiger partial charge is 0.408 e. The van der Waals surface area contributed by atoms with E-state index in [1.807, 2.05) is 0 Å². The average molecular weight is 689 g/mol. The Morgan fingerprint density at radius 3 is 1.07 bits per heavy atom. The summed E-state index contributed by atoms with van der Waals surface area (Å²) >= 11 is 0. The van der Waals surface area contributed by atoms with E-state index in [9.17, 15) is 19.2 Å². The minimum absolute atomic E-state index is 0.0112. The second-order valence-electron chi connectivity index (χ2n) is 15.9. The lowest BCUT2D eigenvalue weighted by atomic mass is 10.0. The van der Waals surface area contributed by atoms with E-state index in [2.05, 4.69) is 62.0 Å². The molecular formula is C32H60N6O6S2. The van der Waals surface area contributed by atoms with Crippen molar-refractivity contribution in [2.24, 2.45) is 0 Å². The maximum absolute atomic E-state index is 13.7. The van der Waals surface area contributed by atoms with E-state index in [0.717, 1.165) is 26.2 Å². The molecule has 2 saturated heterocycles. The summed E-state index contributed by atoms with van der Waals surface area (Å²) in [6.45, 7) is 28.9. The van der Waals surface area contributed by atoms with Crippen LogP contribution in [0.1, 0.15) is 83.1 Å². The van der Waals surface area contributed by atoms with Crippen molar-refractivity contribution in [3.05, 3.63) is 0 Å². The Hall–Kier alpha value is -1.90. The summed E-state index contributed by atoms with van der Waals surface area (Å²) in [5, 5.41) is 5.56. The molecule has 2 atom stereocenters. The van der Waals surface area contributed by atoms with Crippen molar-refractivity contribution in [2.45, 2.75) is 117 Å². The molecule has 46 heavy (non-hydrogen) atoms. The van der Waals surface area contributed by atoms with E-state index in [0.29, 0.717) is 26.2 Å². The monoisotopic (exact) mass is 688 g/mol. The number of nitrogens with one attached hydrogen (secondary N) is 2. The number of carbonyl (C=O) groups excluding carboxylic acids is 4. The lowest BCUT2D eigenvalue weighted by Gasteiger charge is -2.43. The Bertz CT molecular complexity index is 952. The molecule has 0 unspecified atom stereocenters. The molecule has 14 heteroatoms. The summed E-state index contributed by atoms with van der Waals surface area (Å²) < 4.78 is 10.9. The van der Waals surface area contributed by atoms with Gasteiger partial charge in [-0.25, -0.2) is 9.59 Å². The van der Waals surface area contributed by atoms with Crippen LogP contribution in [0.4, 0.5) is 9.59 Å². The number of ether oxygens (including phenoxy) is 2.